The summed E-state index contributed by atoms with van der Waals surface area (Å²) >= 11 is 0. The molecule has 3 heteroatoms. The zero-order valence-corrected chi connectivity index (χ0v) is 13.7. The fraction of sp³-hybridized carbons (Fsp3) is 0.647. The quantitative estimate of drug-likeness (QED) is 0.843. The fourth-order valence-corrected chi connectivity index (χ4v) is 2.79. The maximum Gasteiger partial charge on any atom is 0.142 e. The first kappa shape index (κ1) is 15.2. The SMILES string of the molecule is COc1cc(C(C)(C)C)ccc1N1CC[C@H](N(C)C)C1. The summed E-state index contributed by atoms with van der Waals surface area (Å²) in [5.74, 6) is 0.997. The second kappa shape index (κ2) is 5.65. The van der Waals surface area contributed by atoms with E-state index in [9.17, 15) is 0 Å². The molecular weight excluding hydrogens is 248 g/mol. The van der Waals surface area contributed by atoms with Gasteiger partial charge in [-0.15, -0.1) is 0 Å². The molecule has 1 heterocycles. The maximum absolute atomic E-state index is 5.63. The summed E-state index contributed by atoms with van der Waals surface area (Å²) in [6.07, 6.45) is 1.22. The number of anilines is 1. The number of hydrogen-bond donors (Lipinski definition) is 0. The highest BCUT2D eigenvalue weighted by atomic mass is 16.5. The van der Waals surface area contributed by atoms with Crippen molar-refractivity contribution in [2.45, 2.75) is 38.6 Å². The fourth-order valence-electron chi connectivity index (χ4n) is 2.79. The molecule has 2 rings (SSSR count). The molecule has 1 aromatic carbocycles. The van der Waals surface area contributed by atoms with Crippen LogP contribution in [0.25, 0.3) is 0 Å². The molecule has 112 valence electrons. The first-order chi connectivity index (χ1) is 9.32. The van der Waals surface area contributed by atoms with Gasteiger partial charge in [0.25, 0.3) is 0 Å². The lowest BCUT2D eigenvalue weighted by atomic mass is 9.87. The summed E-state index contributed by atoms with van der Waals surface area (Å²) < 4.78 is 5.63. The van der Waals surface area contributed by atoms with E-state index in [2.05, 4.69) is 62.9 Å². The van der Waals surface area contributed by atoms with Crippen molar-refractivity contribution in [1.29, 1.82) is 0 Å². The Morgan fingerprint density at radius 2 is 1.95 bits per heavy atom. The summed E-state index contributed by atoms with van der Waals surface area (Å²) in [5, 5.41) is 0. The summed E-state index contributed by atoms with van der Waals surface area (Å²) in [5.41, 5.74) is 2.70. The number of methoxy groups -OCH3 is 1. The number of hydrogen-bond acceptors (Lipinski definition) is 3. The molecule has 0 bridgehead atoms. The van der Waals surface area contributed by atoms with E-state index in [1.807, 2.05) is 0 Å². The van der Waals surface area contributed by atoms with Crippen molar-refractivity contribution in [2.24, 2.45) is 0 Å². The van der Waals surface area contributed by atoms with Crippen LogP contribution in [0.4, 0.5) is 5.69 Å². The number of likely N-dealkylation sites (N-methyl/N-ethyl adjacent to an activating group) is 1. The van der Waals surface area contributed by atoms with E-state index < -0.39 is 0 Å². The Morgan fingerprint density at radius 3 is 2.45 bits per heavy atom. The van der Waals surface area contributed by atoms with E-state index in [-0.39, 0.29) is 5.41 Å². The highest BCUT2D eigenvalue weighted by Gasteiger charge is 2.26. The van der Waals surface area contributed by atoms with Gasteiger partial charge in [-0.2, -0.15) is 0 Å². The molecular formula is C17H28N2O. The minimum atomic E-state index is 0.156. The molecule has 3 nitrogen and oxygen atoms in total. The Kier molecular flexibility index (Phi) is 4.28. The molecule has 1 aliphatic rings. The van der Waals surface area contributed by atoms with Gasteiger partial charge in [0.05, 0.1) is 12.8 Å². The van der Waals surface area contributed by atoms with Gasteiger partial charge in [-0.1, -0.05) is 26.8 Å². The molecule has 0 spiro atoms. The Bertz CT molecular complexity index is 463. The van der Waals surface area contributed by atoms with Gasteiger partial charge in [0, 0.05) is 19.1 Å². The Hall–Kier alpha value is -1.22. The maximum atomic E-state index is 5.63. The zero-order valence-electron chi connectivity index (χ0n) is 13.7. The van der Waals surface area contributed by atoms with Crippen molar-refractivity contribution in [3.63, 3.8) is 0 Å². The average molecular weight is 276 g/mol. The van der Waals surface area contributed by atoms with Gasteiger partial charge in [-0.25, -0.2) is 0 Å². The molecule has 1 aromatic rings. The van der Waals surface area contributed by atoms with Gasteiger partial charge >= 0.3 is 0 Å². The van der Waals surface area contributed by atoms with E-state index in [0.29, 0.717) is 6.04 Å². The zero-order chi connectivity index (χ0) is 14.9. The normalized spacial score (nSPS) is 19.8. The van der Waals surface area contributed by atoms with E-state index >= 15 is 0 Å². The molecule has 1 atom stereocenters. The second-order valence-corrected chi connectivity index (χ2v) is 6.99. The summed E-state index contributed by atoms with van der Waals surface area (Å²) in [7, 11) is 6.09. The predicted molar refractivity (Wildman–Crippen MR) is 86.0 cm³/mol. The molecule has 0 saturated carbocycles. The lowest BCUT2D eigenvalue weighted by Gasteiger charge is -2.26. The van der Waals surface area contributed by atoms with E-state index in [0.717, 1.165) is 18.8 Å². The number of nitrogens with zero attached hydrogens (tertiary/aromatic N) is 2. The number of rotatable bonds is 3. The Balaban J connectivity index is 2.25. The van der Waals surface area contributed by atoms with Crippen molar-refractivity contribution >= 4 is 5.69 Å². The van der Waals surface area contributed by atoms with Crippen LogP contribution in [0.1, 0.15) is 32.8 Å². The third-order valence-electron chi connectivity index (χ3n) is 4.28. The lowest BCUT2D eigenvalue weighted by Crippen LogP contribution is -2.31. The van der Waals surface area contributed by atoms with Gasteiger partial charge < -0.3 is 14.5 Å². The number of benzene rings is 1. The van der Waals surface area contributed by atoms with Crippen LogP contribution >= 0.6 is 0 Å². The minimum Gasteiger partial charge on any atom is -0.495 e. The van der Waals surface area contributed by atoms with Crippen LogP contribution in [-0.2, 0) is 5.41 Å². The van der Waals surface area contributed by atoms with Gasteiger partial charge in [0.15, 0.2) is 0 Å². The average Bonchev–Trinajstić information content (AvgIpc) is 2.86. The molecule has 0 unspecified atom stereocenters. The largest absolute Gasteiger partial charge is 0.495 e. The van der Waals surface area contributed by atoms with E-state index in [4.69, 9.17) is 4.74 Å². The van der Waals surface area contributed by atoms with Gasteiger partial charge in [-0.05, 0) is 43.6 Å². The summed E-state index contributed by atoms with van der Waals surface area (Å²) in [6.45, 7) is 8.89. The molecule has 0 aromatic heterocycles. The van der Waals surface area contributed by atoms with Crippen LogP contribution in [0.2, 0.25) is 0 Å². The van der Waals surface area contributed by atoms with Gasteiger partial charge in [0.1, 0.15) is 5.75 Å². The van der Waals surface area contributed by atoms with Crippen LogP contribution in [0, 0.1) is 0 Å². The molecule has 1 saturated heterocycles. The topological polar surface area (TPSA) is 15.7 Å². The van der Waals surface area contributed by atoms with Crippen molar-refractivity contribution in [1.82, 2.24) is 4.90 Å². The van der Waals surface area contributed by atoms with E-state index in [1.165, 1.54) is 17.7 Å². The first-order valence-corrected chi connectivity index (χ1v) is 7.43. The van der Waals surface area contributed by atoms with Crippen molar-refractivity contribution in [2.75, 3.05) is 39.2 Å². The molecule has 0 N–H and O–H groups in total. The highest BCUT2D eigenvalue weighted by Crippen LogP contribution is 2.35. The smallest absolute Gasteiger partial charge is 0.142 e. The molecule has 1 aliphatic heterocycles. The molecule has 0 amide bonds. The lowest BCUT2D eigenvalue weighted by molar-refractivity contribution is 0.315. The standard InChI is InChI=1S/C17H28N2O/c1-17(2,3)13-7-8-15(16(11-13)20-6)19-10-9-14(12-19)18(4)5/h7-8,11,14H,9-10,12H2,1-6H3/t14-/m0/s1. The molecule has 1 fully saturated rings. The van der Waals surface area contributed by atoms with Crippen LogP contribution in [0.5, 0.6) is 5.75 Å². The van der Waals surface area contributed by atoms with Crippen LogP contribution in [0.15, 0.2) is 18.2 Å². The van der Waals surface area contributed by atoms with Crippen LogP contribution in [0.3, 0.4) is 0 Å². The minimum absolute atomic E-state index is 0.156. The van der Waals surface area contributed by atoms with Crippen molar-refractivity contribution in [3.8, 4) is 5.75 Å². The third kappa shape index (κ3) is 3.09. The highest BCUT2D eigenvalue weighted by molar-refractivity contribution is 5.61. The summed E-state index contributed by atoms with van der Waals surface area (Å²) in [4.78, 5) is 4.76. The van der Waals surface area contributed by atoms with Crippen LogP contribution < -0.4 is 9.64 Å². The number of ether oxygens (including phenoxy) is 1. The van der Waals surface area contributed by atoms with Crippen molar-refractivity contribution in [3.05, 3.63) is 23.8 Å². The first-order valence-electron chi connectivity index (χ1n) is 7.43. The molecule has 0 aliphatic carbocycles. The third-order valence-corrected chi connectivity index (χ3v) is 4.28. The van der Waals surface area contributed by atoms with Gasteiger partial charge in [-0.3, -0.25) is 0 Å². The molecule has 20 heavy (non-hydrogen) atoms. The summed E-state index contributed by atoms with van der Waals surface area (Å²) in [6, 6.07) is 7.29. The van der Waals surface area contributed by atoms with Crippen molar-refractivity contribution < 1.29 is 4.74 Å². The monoisotopic (exact) mass is 276 g/mol. The Morgan fingerprint density at radius 1 is 1.25 bits per heavy atom. The molecule has 0 radical (unpaired) electrons. The van der Waals surface area contributed by atoms with E-state index in [1.54, 1.807) is 7.11 Å². The van der Waals surface area contributed by atoms with Crippen LogP contribution in [-0.4, -0.2) is 45.2 Å². The Labute approximate surface area is 123 Å². The second-order valence-electron chi connectivity index (χ2n) is 6.99. The predicted octanol–water partition coefficient (Wildman–Crippen LogP) is 3.13. The van der Waals surface area contributed by atoms with Gasteiger partial charge in [0.2, 0.25) is 0 Å².